The van der Waals surface area contributed by atoms with Crippen LogP contribution in [0.3, 0.4) is 0 Å². The smallest absolute Gasteiger partial charge is 0.355 e. The minimum Gasteiger partial charge on any atom is -0.476 e. The van der Waals surface area contributed by atoms with E-state index in [1.807, 2.05) is 12.1 Å². The second-order valence-corrected chi connectivity index (χ2v) is 8.36. The van der Waals surface area contributed by atoms with Gasteiger partial charge in [0, 0.05) is 41.7 Å². The van der Waals surface area contributed by atoms with Crippen molar-refractivity contribution >= 4 is 23.3 Å². The summed E-state index contributed by atoms with van der Waals surface area (Å²) in [4.78, 5) is 33.0. The quantitative estimate of drug-likeness (QED) is 0.400. The van der Waals surface area contributed by atoms with Crippen LogP contribution in [-0.2, 0) is 7.05 Å². The molecule has 0 saturated heterocycles. The molecule has 1 aromatic carbocycles. The molecule has 0 aliphatic rings. The maximum Gasteiger partial charge on any atom is 0.355 e. The van der Waals surface area contributed by atoms with E-state index in [0.717, 1.165) is 5.56 Å². The number of aryl methyl sites for hydroxylation is 3. The van der Waals surface area contributed by atoms with Gasteiger partial charge in [-0.1, -0.05) is 23.7 Å². The summed E-state index contributed by atoms with van der Waals surface area (Å²) in [5.41, 5.74) is 2.66. The highest BCUT2D eigenvalue weighted by Gasteiger charge is 2.30. The summed E-state index contributed by atoms with van der Waals surface area (Å²) in [7, 11) is 3.08. The number of carboxylic acids is 1. The van der Waals surface area contributed by atoms with Crippen molar-refractivity contribution in [2.24, 2.45) is 7.05 Å². The first-order valence-corrected chi connectivity index (χ1v) is 11.0. The van der Waals surface area contributed by atoms with Crippen molar-refractivity contribution in [2.75, 3.05) is 12.4 Å². The van der Waals surface area contributed by atoms with Crippen molar-refractivity contribution in [3.8, 4) is 11.8 Å². The number of aromatic nitrogens is 5. The average molecular weight is 495 g/mol. The topological polar surface area (TPSA) is 124 Å². The van der Waals surface area contributed by atoms with Gasteiger partial charge < -0.3 is 19.7 Å². The van der Waals surface area contributed by atoms with Gasteiger partial charge in [0.05, 0.1) is 24.5 Å². The average Bonchev–Trinajstić information content (AvgIpc) is 3.18. The van der Waals surface area contributed by atoms with Crippen molar-refractivity contribution in [1.82, 2.24) is 24.3 Å². The first-order chi connectivity index (χ1) is 16.7. The van der Waals surface area contributed by atoms with E-state index in [1.54, 1.807) is 51.4 Å². The number of carbonyl (C=O) groups is 1. The molecule has 0 fully saturated rings. The van der Waals surface area contributed by atoms with E-state index in [1.165, 1.54) is 22.6 Å². The van der Waals surface area contributed by atoms with Crippen molar-refractivity contribution in [3.63, 3.8) is 0 Å². The van der Waals surface area contributed by atoms with Crippen LogP contribution in [0.4, 0.5) is 5.69 Å². The number of anilines is 1. The number of benzene rings is 1. The molecule has 3 aromatic heterocycles. The highest BCUT2D eigenvalue weighted by molar-refractivity contribution is 6.30. The molecule has 180 valence electrons. The van der Waals surface area contributed by atoms with Crippen LogP contribution < -0.4 is 15.6 Å². The number of carboxylic acid groups (broad SMARTS) is 1. The number of halogens is 1. The summed E-state index contributed by atoms with van der Waals surface area (Å²) in [5.74, 6) is -0.938. The molecule has 3 heterocycles. The van der Waals surface area contributed by atoms with Crippen molar-refractivity contribution in [2.45, 2.75) is 19.9 Å². The molecule has 2 N–H and O–H groups in total. The zero-order valence-electron chi connectivity index (χ0n) is 19.5. The third kappa shape index (κ3) is 4.73. The molecule has 1 unspecified atom stereocenters. The Morgan fingerprint density at radius 3 is 2.54 bits per heavy atom. The fourth-order valence-corrected chi connectivity index (χ4v) is 4.03. The Morgan fingerprint density at radius 2 is 1.91 bits per heavy atom. The Balaban J connectivity index is 1.93. The van der Waals surface area contributed by atoms with Crippen molar-refractivity contribution in [1.29, 1.82) is 0 Å². The fourth-order valence-electron chi connectivity index (χ4n) is 3.91. The van der Waals surface area contributed by atoms with E-state index >= 15 is 0 Å². The van der Waals surface area contributed by atoms with Crippen LogP contribution in [0.5, 0.6) is 6.01 Å². The summed E-state index contributed by atoms with van der Waals surface area (Å²) in [6.45, 7) is 3.45. The van der Waals surface area contributed by atoms with E-state index in [0.29, 0.717) is 27.5 Å². The molecule has 35 heavy (non-hydrogen) atoms. The highest BCUT2D eigenvalue weighted by Crippen LogP contribution is 2.33. The Morgan fingerprint density at radius 1 is 1.20 bits per heavy atom. The zero-order chi connectivity index (χ0) is 25.3. The molecule has 4 aromatic rings. The number of aromatic carboxylic acids is 1. The molecular weight excluding hydrogens is 472 g/mol. The summed E-state index contributed by atoms with van der Waals surface area (Å²) in [6.07, 6.45) is 3.12. The van der Waals surface area contributed by atoms with Crippen LogP contribution in [0, 0.1) is 13.8 Å². The van der Waals surface area contributed by atoms with Gasteiger partial charge in [-0.15, -0.1) is 0 Å². The number of nitrogens with one attached hydrogen (secondary N) is 1. The predicted molar refractivity (Wildman–Crippen MR) is 131 cm³/mol. The van der Waals surface area contributed by atoms with Crippen LogP contribution in [0.1, 0.15) is 38.9 Å². The second kappa shape index (κ2) is 9.59. The van der Waals surface area contributed by atoms with Crippen LogP contribution in [0.25, 0.3) is 5.82 Å². The number of rotatable bonds is 7. The molecule has 0 amide bonds. The summed E-state index contributed by atoms with van der Waals surface area (Å²) in [5, 5.41) is 18.7. The lowest BCUT2D eigenvalue weighted by molar-refractivity contribution is 0.0685. The second-order valence-electron chi connectivity index (χ2n) is 7.92. The van der Waals surface area contributed by atoms with Crippen LogP contribution >= 0.6 is 11.6 Å². The Hall–Kier alpha value is -4.18. The lowest BCUT2D eigenvalue weighted by atomic mass is 9.96. The van der Waals surface area contributed by atoms with E-state index in [4.69, 9.17) is 16.3 Å². The first kappa shape index (κ1) is 24.0. The summed E-state index contributed by atoms with van der Waals surface area (Å²) < 4.78 is 7.82. The number of hydrogen-bond acceptors (Lipinski definition) is 7. The van der Waals surface area contributed by atoms with E-state index in [9.17, 15) is 14.7 Å². The number of nitrogens with zero attached hydrogens (tertiary/aromatic N) is 5. The van der Waals surface area contributed by atoms with Crippen molar-refractivity contribution in [3.05, 3.63) is 92.2 Å². The predicted octanol–water partition coefficient (Wildman–Crippen LogP) is 3.54. The standard InChI is InChI=1S/C24H23ClN6O4/c1-13-11-17(12-30(3)22(13)32)27-20(15-5-7-16(25)8-6-15)19-14(2)29-31(21(19)23(33)34)18-9-10-26-24(28-18)35-4/h5-12,20,27H,1-4H3,(H,33,34). The Labute approximate surface area is 205 Å². The van der Waals surface area contributed by atoms with Gasteiger partial charge in [-0.3, -0.25) is 4.79 Å². The largest absolute Gasteiger partial charge is 0.476 e. The molecule has 11 heteroatoms. The zero-order valence-corrected chi connectivity index (χ0v) is 20.2. The number of pyridine rings is 1. The number of methoxy groups -OCH3 is 1. The summed E-state index contributed by atoms with van der Waals surface area (Å²) >= 11 is 6.11. The first-order valence-electron chi connectivity index (χ1n) is 10.6. The van der Waals surface area contributed by atoms with Crippen molar-refractivity contribution < 1.29 is 14.6 Å². The van der Waals surface area contributed by atoms with E-state index in [2.05, 4.69) is 20.4 Å². The monoisotopic (exact) mass is 494 g/mol. The molecule has 1 atom stereocenters. The third-order valence-corrected chi connectivity index (χ3v) is 5.75. The molecule has 0 aliphatic heterocycles. The molecule has 0 bridgehead atoms. The maximum atomic E-state index is 12.5. The molecule has 0 aliphatic carbocycles. The lowest BCUT2D eigenvalue weighted by Gasteiger charge is -2.22. The Bertz CT molecular complexity index is 1440. The molecule has 0 radical (unpaired) electrons. The van der Waals surface area contributed by atoms with Gasteiger partial charge in [0.15, 0.2) is 11.5 Å². The minimum absolute atomic E-state index is 0.0720. The van der Waals surface area contributed by atoms with Crippen LogP contribution in [0.15, 0.2) is 53.6 Å². The van der Waals surface area contributed by atoms with Gasteiger partial charge in [-0.25, -0.2) is 14.5 Å². The molecule has 0 saturated carbocycles. The van der Waals surface area contributed by atoms with Gasteiger partial charge in [0.1, 0.15) is 0 Å². The van der Waals surface area contributed by atoms with Gasteiger partial charge in [0.2, 0.25) is 0 Å². The number of hydrogen-bond donors (Lipinski definition) is 2. The van der Waals surface area contributed by atoms with Gasteiger partial charge in [-0.05, 0) is 37.6 Å². The summed E-state index contributed by atoms with van der Waals surface area (Å²) in [6, 6.07) is 9.80. The van der Waals surface area contributed by atoms with Crippen LogP contribution in [-0.4, -0.2) is 42.5 Å². The lowest BCUT2D eigenvalue weighted by Crippen LogP contribution is -2.22. The van der Waals surface area contributed by atoms with E-state index in [-0.39, 0.29) is 23.1 Å². The normalized spacial score (nSPS) is 11.8. The SMILES string of the molecule is COc1nccc(-n2nc(C)c(C(Nc3cc(C)c(=O)n(C)c3)c3ccc(Cl)cc3)c2C(=O)O)n1. The number of ether oxygens (including phenoxy) is 1. The third-order valence-electron chi connectivity index (χ3n) is 5.49. The van der Waals surface area contributed by atoms with Gasteiger partial charge in [-0.2, -0.15) is 10.1 Å². The molecule has 0 spiro atoms. The Kier molecular flexibility index (Phi) is 6.57. The fraction of sp³-hybridized carbons (Fsp3) is 0.208. The molecular formula is C24H23ClN6O4. The van der Waals surface area contributed by atoms with Gasteiger partial charge in [0.25, 0.3) is 5.56 Å². The van der Waals surface area contributed by atoms with Gasteiger partial charge >= 0.3 is 12.0 Å². The van der Waals surface area contributed by atoms with E-state index < -0.39 is 12.0 Å². The highest BCUT2D eigenvalue weighted by atomic mass is 35.5. The maximum absolute atomic E-state index is 12.5. The molecule has 4 rings (SSSR count). The molecule has 10 nitrogen and oxygen atoms in total. The van der Waals surface area contributed by atoms with Crippen LogP contribution in [0.2, 0.25) is 5.02 Å². The minimum atomic E-state index is -1.18.